The number of amides is 1. The lowest BCUT2D eigenvalue weighted by molar-refractivity contribution is 0.0502. The molecule has 0 fully saturated rings. The fourth-order valence-electron chi connectivity index (χ4n) is 1.74. The van der Waals surface area contributed by atoms with Crippen molar-refractivity contribution in [2.45, 2.75) is 38.8 Å². The molecule has 0 aliphatic carbocycles. The van der Waals surface area contributed by atoms with Crippen LogP contribution in [0.5, 0.6) is 0 Å². The molecule has 0 bridgehead atoms. The van der Waals surface area contributed by atoms with Crippen molar-refractivity contribution in [3.63, 3.8) is 0 Å². The highest BCUT2D eigenvalue weighted by molar-refractivity contribution is 7.98. The van der Waals surface area contributed by atoms with E-state index >= 15 is 0 Å². The van der Waals surface area contributed by atoms with Crippen molar-refractivity contribution in [2.24, 2.45) is 0 Å². The van der Waals surface area contributed by atoms with E-state index in [2.05, 4.69) is 5.32 Å². The van der Waals surface area contributed by atoms with Gasteiger partial charge in [0.05, 0.1) is 16.1 Å². The highest BCUT2D eigenvalue weighted by Crippen LogP contribution is 2.27. The number of hydrogen-bond acceptors (Lipinski definition) is 3. The van der Waals surface area contributed by atoms with Gasteiger partial charge in [0.1, 0.15) is 5.60 Å². The lowest BCUT2D eigenvalue weighted by Crippen LogP contribution is -2.35. The first-order valence-electron chi connectivity index (χ1n) is 6.66. The van der Waals surface area contributed by atoms with E-state index in [1.54, 1.807) is 23.9 Å². The van der Waals surface area contributed by atoms with Gasteiger partial charge in [-0.1, -0.05) is 29.3 Å². The third-order valence-electron chi connectivity index (χ3n) is 2.65. The molecule has 0 saturated carbocycles. The van der Waals surface area contributed by atoms with Crippen LogP contribution in [0, 0.1) is 0 Å². The largest absolute Gasteiger partial charge is 0.444 e. The van der Waals surface area contributed by atoms with Gasteiger partial charge in [0.2, 0.25) is 0 Å². The summed E-state index contributed by atoms with van der Waals surface area (Å²) in [5, 5.41) is 3.88. The van der Waals surface area contributed by atoms with Gasteiger partial charge in [-0.3, -0.25) is 0 Å². The molecule has 0 saturated heterocycles. The van der Waals surface area contributed by atoms with Gasteiger partial charge in [-0.2, -0.15) is 11.8 Å². The second-order valence-electron chi connectivity index (χ2n) is 5.65. The number of benzene rings is 1. The van der Waals surface area contributed by atoms with Gasteiger partial charge in [-0.25, -0.2) is 4.79 Å². The third-order valence-corrected chi connectivity index (χ3v) is 4.03. The van der Waals surface area contributed by atoms with E-state index in [1.807, 2.05) is 33.1 Å². The molecule has 1 amide bonds. The van der Waals surface area contributed by atoms with Crippen LogP contribution in [0.1, 0.15) is 38.8 Å². The molecule has 0 aromatic heterocycles. The predicted octanol–water partition coefficient (Wildman–Crippen LogP) is 5.31. The Kier molecular flexibility index (Phi) is 7.17. The highest BCUT2D eigenvalue weighted by atomic mass is 35.5. The maximum Gasteiger partial charge on any atom is 0.408 e. The number of ether oxygens (including phenoxy) is 1. The summed E-state index contributed by atoms with van der Waals surface area (Å²) in [5.74, 6) is 0.917. The number of hydrogen-bond donors (Lipinski definition) is 1. The van der Waals surface area contributed by atoms with Crippen molar-refractivity contribution in [3.8, 4) is 0 Å². The number of thioether (sulfide) groups is 1. The summed E-state index contributed by atoms with van der Waals surface area (Å²) in [4.78, 5) is 12.0. The van der Waals surface area contributed by atoms with Crippen molar-refractivity contribution in [1.29, 1.82) is 0 Å². The fraction of sp³-hybridized carbons (Fsp3) is 0.533. The zero-order valence-corrected chi connectivity index (χ0v) is 15.0. The second kappa shape index (κ2) is 8.16. The highest BCUT2D eigenvalue weighted by Gasteiger charge is 2.20. The first-order valence-corrected chi connectivity index (χ1v) is 8.81. The van der Waals surface area contributed by atoms with Crippen molar-refractivity contribution in [2.75, 3.05) is 12.0 Å². The number of alkyl carbamates (subject to hydrolysis) is 1. The van der Waals surface area contributed by atoms with Gasteiger partial charge in [-0.15, -0.1) is 0 Å². The molecule has 0 radical (unpaired) electrons. The zero-order valence-electron chi connectivity index (χ0n) is 12.7. The van der Waals surface area contributed by atoms with Crippen LogP contribution in [-0.2, 0) is 4.74 Å². The third kappa shape index (κ3) is 6.81. The Hall–Kier alpha value is -0.580. The molecule has 21 heavy (non-hydrogen) atoms. The summed E-state index contributed by atoms with van der Waals surface area (Å²) >= 11 is 13.7. The van der Waals surface area contributed by atoms with E-state index in [1.165, 1.54) is 0 Å². The molecular formula is C15H21Cl2NO2S. The zero-order chi connectivity index (χ0) is 16.0. The lowest BCUT2D eigenvalue weighted by atomic mass is 10.0. The summed E-state index contributed by atoms with van der Waals surface area (Å²) in [7, 11) is 0. The lowest BCUT2D eigenvalue weighted by Gasteiger charge is -2.24. The minimum Gasteiger partial charge on any atom is -0.444 e. The Labute approximate surface area is 140 Å². The number of rotatable bonds is 5. The Morgan fingerprint density at radius 2 is 2.00 bits per heavy atom. The quantitative estimate of drug-likeness (QED) is 0.782. The van der Waals surface area contributed by atoms with Gasteiger partial charge in [0.15, 0.2) is 0 Å². The Morgan fingerprint density at radius 1 is 1.33 bits per heavy atom. The minimum absolute atomic E-state index is 0.151. The van der Waals surface area contributed by atoms with Crippen LogP contribution in [0.25, 0.3) is 0 Å². The summed E-state index contributed by atoms with van der Waals surface area (Å²) < 4.78 is 5.31. The van der Waals surface area contributed by atoms with E-state index in [-0.39, 0.29) is 6.04 Å². The van der Waals surface area contributed by atoms with Gasteiger partial charge in [-0.05, 0) is 56.9 Å². The number of carbonyl (C=O) groups excluding carboxylic acids is 1. The van der Waals surface area contributed by atoms with Gasteiger partial charge in [0.25, 0.3) is 0 Å². The van der Waals surface area contributed by atoms with Crippen LogP contribution < -0.4 is 5.32 Å². The van der Waals surface area contributed by atoms with Crippen LogP contribution >= 0.6 is 35.0 Å². The van der Waals surface area contributed by atoms with Crippen LogP contribution in [-0.4, -0.2) is 23.7 Å². The van der Waals surface area contributed by atoms with Gasteiger partial charge >= 0.3 is 6.09 Å². The maximum absolute atomic E-state index is 12.0. The van der Waals surface area contributed by atoms with E-state index in [4.69, 9.17) is 27.9 Å². The van der Waals surface area contributed by atoms with Crippen LogP contribution in [0.3, 0.4) is 0 Å². The van der Waals surface area contributed by atoms with E-state index in [9.17, 15) is 4.79 Å². The molecule has 3 nitrogen and oxygen atoms in total. The van der Waals surface area contributed by atoms with Gasteiger partial charge < -0.3 is 10.1 Å². The van der Waals surface area contributed by atoms with Crippen LogP contribution in [0.15, 0.2) is 18.2 Å². The Bertz CT molecular complexity index is 489. The van der Waals surface area contributed by atoms with Crippen LogP contribution in [0.4, 0.5) is 4.79 Å². The topological polar surface area (TPSA) is 38.3 Å². The molecule has 0 aliphatic rings. The number of carbonyl (C=O) groups is 1. The van der Waals surface area contributed by atoms with Crippen LogP contribution in [0.2, 0.25) is 10.0 Å². The van der Waals surface area contributed by atoms with E-state index in [0.717, 1.165) is 17.7 Å². The first kappa shape index (κ1) is 18.5. The maximum atomic E-state index is 12.0. The van der Waals surface area contributed by atoms with Crippen molar-refractivity contribution < 1.29 is 9.53 Å². The Balaban J connectivity index is 2.84. The number of halogens is 2. The van der Waals surface area contributed by atoms with Crippen molar-refractivity contribution >= 4 is 41.1 Å². The van der Waals surface area contributed by atoms with Crippen molar-refractivity contribution in [1.82, 2.24) is 5.32 Å². The molecule has 6 heteroatoms. The van der Waals surface area contributed by atoms with E-state index in [0.29, 0.717) is 10.0 Å². The molecule has 0 aliphatic heterocycles. The second-order valence-corrected chi connectivity index (χ2v) is 7.45. The molecule has 1 rings (SSSR count). The number of nitrogens with one attached hydrogen (secondary N) is 1. The van der Waals surface area contributed by atoms with E-state index < -0.39 is 11.7 Å². The fourth-order valence-corrected chi connectivity index (χ4v) is 2.51. The molecule has 1 atom stereocenters. The Morgan fingerprint density at radius 3 is 2.52 bits per heavy atom. The molecule has 1 aromatic rings. The average Bonchev–Trinajstić information content (AvgIpc) is 2.35. The smallest absolute Gasteiger partial charge is 0.408 e. The molecular weight excluding hydrogens is 329 g/mol. The average molecular weight is 350 g/mol. The normalized spacial score (nSPS) is 12.9. The summed E-state index contributed by atoms with van der Waals surface area (Å²) in [6.45, 7) is 5.51. The molecule has 0 spiro atoms. The van der Waals surface area contributed by atoms with Gasteiger partial charge in [0, 0.05) is 0 Å². The monoisotopic (exact) mass is 349 g/mol. The van der Waals surface area contributed by atoms with Crippen molar-refractivity contribution in [3.05, 3.63) is 33.8 Å². The summed E-state index contributed by atoms with van der Waals surface area (Å²) in [5.41, 5.74) is 0.399. The molecule has 1 N–H and O–H groups in total. The first-order chi connectivity index (χ1) is 9.73. The summed E-state index contributed by atoms with van der Waals surface area (Å²) in [6.07, 6.45) is 2.39. The minimum atomic E-state index is -0.522. The molecule has 118 valence electrons. The standard InChI is InChI=1S/C15H21Cl2NO2S/c1-15(2,3)20-14(19)18-13(7-8-21-4)10-5-6-11(16)12(17)9-10/h5-6,9,13H,7-8H2,1-4H3,(H,18,19)/t13-/m1/s1. The molecule has 0 heterocycles. The predicted molar refractivity (Wildman–Crippen MR) is 91.6 cm³/mol. The molecule has 0 unspecified atom stereocenters. The summed E-state index contributed by atoms with van der Waals surface area (Å²) in [6, 6.07) is 5.24. The molecule has 1 aromatic carbocycles. The SMILES string of the molecule is CSCC[C@@H](NC(=O)OC(C)(C)C)c1ccc(Cl)c(Cl)c1.